The van der Waals surface area contributed by atoms with E-state index in [1.807, 2.05) is 18.2 Å². The minimum absolute atomic E-state index is 0.146. The summed E-state index contributed by atoms with van der Waals surface area (Å²) < 4.78 is 45.2. The number of nitrogens with zero attached hydrogens (tertiary/aromatic N) is 3. The third-order valence-electron chi connectivity index (χ3n) is 4.68. The summed E-state index contributed by atoms with van der Waals surface area (Å²) in [6.45, 7) is 0. The van der Waals surface area contributed by atoms with Gasteiger partial charge in [-0.25, -0.2) is 9.97 Å². The van der Waals surface area contributed by atoms with E-state index in [9.17, 15) is 13.2 Å². The molecule has 0 spiro atoms. The molecule has 2 aromatic carbocycles. The SMILES string of the molecule is Nc1nc2ccc(Oc3ccnc(-c4ccc(-c5ncc(C(F)(F)F)[nH]5)cc4)c3)cc2s1. The molecule has 10 heteroatoms. The number of nitrogen functional groups attached to an aromatic ring is 1. The molecule has 0 bridgehead atoms. The van der Waals surface area contributed by atoms with Gasteiger partial charge in [0, 0.05) is 29.5 Å². The van der Waals surface area contributed by atoms with E-state index in [0.29, 0.717) is 27.9 Å². The van der Waals surface area contributed by atoms with Crippen molar-refractivity contribution in [3.05, 3.63) is 72.7 Å². The van der Waals surface area contributed by atoms with E-state index >= 15 is 0 Å². The third-order valence-corrected chi connectivity index (χ3v) is 5.53. The zero-order chi connectivity index (χ0) is 22.3. The van der Waals surface area contributed by atoms with Gasteiger partial charge in [-0.1, -0.05) is 35.6 Å². The molecule has 0 fully saturated rings. The molecule has 0 amide bonds. The Morgan fingerprint density at radius 3 is 2.41 bits per heavy atom. The Balaban J connectivity index is 1.37. The molecule has 0 atom stereocenters. The first-order chi connectivity index (χ1) is 15.3. The van der Waals surface area contributed by atoms with Crippen LogP contribution in [0.1, 0.15) is 5.69 Å². The fourth-order valence-corrected chi connectivity index (χ4v) is 3.93. The number of hydrogen-bond acceptors (Lipinski definition) is 6. The second-order valence-corrected chi connectivity index (χ2v) is 7.94. The van der Waals surface area contributed by atoms with Crippen molar-refractivity contribution >= 4 is 26.7 Å². The molecule has 0 radical (unpaired) electrons. The van der Waals surface area contributed by atoms with Gasteiger partial charge in [0.05, 0.1) is 22.1 Å². The zero-order valence-electron chi connectivity index (χ0n) is 16.2. The normalized spacial score (nSPS) is 11.7. The number of fused-ring (bicyclic) bond motifs is 1. The van der Waals surface area contributed by atoms with Gasteiger partial charge in [0.15, 0.2) is 5.13 Å². The van der Waals surface area contributed by atoms with Crippen molar-refractivity contribution in [1.82, 2.24) is 19.9 Å². The maximum atomic E-state index is 12.8. The second kappa shape index (κ2) is 7.65. The maximum absolute atomic E-state index is 12.8. The Bertz CT molecular complexity index is 1410. The molecule has 0 aliphatic heterocycles. The van der Waals surface area contributed by atoms with Crippen molar-refractivity contribution in [1.29, 1.82) is 0 Å². The number of thiazole rings is 1. The summed E-state index contributed by atoms with van der Waals surface area (Å²) in [6, 6.07) is 16.0. The number of anilines is 1. The first-order valence-corrected chi connectivity index (χ1v) is 10.2. The van der Waals surface area contributed by atoms with Crippen LogP contribution in [0.5, 0.6) is 11.5 Å². The molecule has 5 aromatic rings. The smallest absolute Gasteiger partial charge is 0.432 e. The Hall–Kier alpha value is -3.92. The molecule has 3 heterocycles. The molecular weight excluding hydrogens is 439 g/mol. The van der Waals surface area contributed by atoms with Crippen LogP contribution in [0, 0.1) is 0 Å². The summed E-state index contributed by atoms with van der Waals surface area (Å²) in [5.41, 5.74) is 7.66. The highest BCUT2D eigenvalue weighted by molar-refractivity contribution is 7.22. The van der Waals surface area contributed by atoms with Crippen molar-refractivity contribution < 1.29 is 17.9 Å². The van der Waals surface area contributed by atoms with Crippen LogP contribution in [0.2, 0.25) is 0 Å². The summed E-state index contributed by atoms with van der Waals surface area (Å²) in [6.07, 6.45) is -2.06. The lowest BCUT2D eigenvalue weighted by atomic mass is 10.1. The summed E-state index contributed by atoms with van der Waals surface area (Å²) in [5.74, 6) is 1.39. The van der Waals surface area contributed by atoms with E-state index in [2.05, 4.69) is 19.9 Å². The third kappa shape index (κ3) is 4.00. The van der Waals surface area contributed by atoms with E-state index in [1.165, 1.54) is 11.3 Å². The highest BCUT2D eigenvalue weighted by Crippen LogP contribution is 2.32. The van der Waals surface area contributed by atoms with Gasteiger partial charge >= 0.3 is 6.18 Å². The average molecular weight is 453 g/mol. The number of H-pyrrole nitrogens is 1. The van der Waals surface area contributed by atoms with E-state index in [0.717, 1.165) is 22.0 Å². The number of ether oxygens (including phenoxy) is 1. The summed E-state index contributed by atoms with van der Waals surface area (Å²) >= 11 is 1.38. The zero-order valence-corrected chi connectivity index (χ0v) is 17.0. The number of aromatic nitrogens is 4. The molecule has 0 unspecified atom stereocenters. The Morgan fingerprint density at radius 2 is 1.66 bits per heavy atom. The van der Waals surface area contributed by atoms with Gasteiger partial charge in [-0.05, 0) is 18.2 Å². The molecule has 5 rings (SSSR count). The Morgan fingerprint density at radius 1 is 0.906 bits per heavy atom. The van der Waals surface area contributed by atoms with Crippen LogP contribution in [0.15, 0.2) is 67.0 Å². The van der Waals surface area contributed by atoms with Crippen molar-refractivity contribution in [3.63, 3.8) is 0 Å². The van der Waals surface area contributed by atoms with E-state index < -0.39 is 11.9 Å². The van der Waals surface area contributed by atoms with Crippen LogP contribution >= 0.6 is 11.3 Å². The van der Waals surface area contributed by atoms with Crippen molar-refractivity contribution in [2.45, 2.75) is 6.18 Å². The van der Waals surface area contributed by atoms with Gasteiger partial charge in [0.2, 0.25) is 0 Å². The lowest BCUT2D eigenvalue weighted by Crippen LogP contribution is -2.04. The monoisotopic (exact) mass is 453 g/mol. The van der Waals surface area contributed by atoms with Gasteiger partial charge < -0.3 is 15.5 Å². The number of halogens is 3. The minimum atomic E-state index is -4.47. The van der Waals surface area contributed by atoms with Crippen molar-refractivity contribution in [3.8, 4) is 34.1 Å². The van der Waals surface area contributed by atoms with Crippen LogP contribution in [0.25, 0.3) is 32.9 Å². The summed E-state index contributed by atoms with van der Waals surface area (Å²) in [5, 5.41) is 0.496. The number of pyridine rings is 1. The van der Waals surface area contributed by atoms with Crippen molar-refractivity contribution in [2.75, 3.05) is 5.73 Å². The minimum Gasteiger partial charge on any atom is -0.457 e. The summed E-state index contributed by atoms with van der Waals surface area (Å²) in [7, 11) is 0. The molecule has 6 nitrogen and oxygen atoms in total. The van der Waals surface area contributed by atoms with E-state index in [-0.39, 0.29) is 5.82 Å². The molecule has 0 aliphatic rings. The predicted octanol–water partition coefficient (Wildman–Crippen LogP) is 6.14. The van der Waals surface area contributed by atoms with Gasteiger partial charge in [-0.2, -0.15) is 13.2 Å². The fourth-order valence-electron chi connectivity index (χ4n) is 3.17. The number of nitrogens with one attached hydrogen (secondary N) is 1. The Kier molecular flexibility index (Phi) is 4.78. The number of benzene rings is 2. The largest absolute Gasteiger partial charge is 0.457 e. The molecule has 3 aromatic heterocycles. The maximum Gasteiger partial charge on any atom is 0.432 e. The van der Waals surface area contributed by atoms with Crippen LogP contribution in [-0.4, -0.2) is 19.9 Å². The number of imidazole rings is 1. The number of nitrogens with two attached hydrogens (primary N) is 1. The van der Waals surface area contributed by atoms with Crippen LogP contribution in [-0.2, 0) is 6.18 Å². The van der Waals surface area contributed by atoms with E-state index in [4.69, 9.17) is 10.5 Å². The molecule has 0 saturated heterocycles. The van der Waals surface area contributed by atoms with Gasteiger partial charge in [-0.15, -0.1) is 0 Å². The van der Waals surface area contributed by atoms with E-state index in [1.54, 1.807) is 42.6 Å². The van der Waals surface area contributed by atoms with Crippen LogP contribution < -0.4 is 10.5 Å². The topological polar surface area (TPSA) is 89.7 Å². The predicted molar refractivity (Wildman–Crippen MR) is 116 cm³/mol. The fraction of sp³-hybridized carbons (Fsp3) is 0.0455. The molecule has 32 heavy (non-hydrogen) atoms. The standard InChI is InChI=1S/C22H14F3N5OS/c23-22(24,25)19-11-28-20(30-19)13-3-1-12(2-4-13)17-9-15(7-8-27-17)31-14-5-6-16-18(10-14)32-21(26)29-16/h1-11H,(H2,26,29)(H,28,30). The van der Waals surface area contributed by atoms with Crippen LogP contribution in [0.4, 0.5) is 18.3 Å². The lowest BCUT2D eigenvalue weighted by Gasteiger charge is -2.08. The second-order valence-electron chi connectivity index (χ2n) is 6.88. The first kappa shape index (κ1) is 20.0. The molecule has 0 saturated carbocycles. The quantitative estimate of drug-likeness (QED) is 0.341. The number of hydrogen-bond donors (Lipinski definition) is 2. The van der Waals surface area contributed by atoms with Crippen molar-refractivity contribution in [2.24, 2.45) is 0 Å². The number of aromatic amines is 1. The highest BCUT2D eigenvalue weighted by Gasteiger charge is 2.33. The molecule has 3 N–H and O–H groups in total. The summed E-state index contributed by atoms with van der Waals surface area (Å²) in [4.78, 5) is 14.7. The highest BCUT2D eigenvalue weighted by atomic mass is 32.1. The molecular formula is C22H14F3N5OS. The number of rotatable bonds is 4. The van der Waals surface area contributed by atoms with Gasteiger partial charge in [0.1, 0.15) is 23.0 Å². The molecule has 160 valence electrons. The first-order valence-electron chi connectivity index (χ1n) is 9.38. The van der Waals surface area contributed by atoms with Gasteiger partial charge in [-0.3, -0.25) is 4.98 Å². The average Bonchev–Trinajstić information content (AvgIpc) is 3.40. The lowest BCUT2D eigenvalue weighted by molar-refractivity contribution is -0.140. The number of alkyl halides is 3. The van der Waals surface area contributed by atoms with Crippen LogP contribution in [0.3, 0.4) is 0 Å². The van der Waals surface area contributed by atoms with Gasteiger partial charge in [0.25, 0.3) is 0 Å². The Labute approximate surface area is 183 Å². The molecule has 0 aliphatic carbocycles.